The summed E-state index contributed by atoms with van der Waals surface area (Å²) < 4.78 is 10.9. The Morgan fingerprint density at radius 3 is 2.68 bits per heavy atom. The summed E-state index contributed by atoms with van der Waals surface area (Å²) in [5.74, 6) is 0.262. The molecule has 1 aliphatic rings. The van der Waals surface area contributed by atoms with E-state index in [0.29, 0.717) is 18.9 Å². The van der Waals surface area contributed by atoms with Gasteiger partial charge in [-0.1, -0.05) is 31.2 Å². The maximum atomic E-state index is 11.4. The van der Waals surface area contributed by atoms with Crippen molar-refractivity contribution in [1.82, 2.24) is 0 Å². The van der Waals surface area contributed by atoms with Crippen molar-refractivity contribution in [2.75, 3.05) is 0 Å². The summed E-state index contributed by atoms with van der Waals surface area (Å²) in [5, 5.41) is 8.96. The first kappa shape index (κ1) is 14.0. The second-order valence-corrected chi connectivity index (χ2v) is 5.08. The molecule has 4 nitrogen and oxygen atoms in total. The Morgan fingerprint density at radius 1 is 1.32 bits per heavy atom. The summed E-state index contributed by atoms with van der Waals surface area (Å²) in [7, 11) is 0. The van der Waals surface area contributed by atoms with Gasteiger partial charge in [-0.2, -0.15) is 0 Å². The fourth-order valence-corrected chi connectivity index (χ4v) is 2.10. The third-order valence-electron chi connectivity index (χ3n) is 3.34. The Bertz CT molecular complexity index is 413. The lowest BCUT2D eigenvalue weighted by atomic mass is 10.0. The van der Waals surface area contributed by atoms with Gasteiger partial charge in [-0.15, -0.1) is 0 Å². The number of benzene rings is 1. The topological polar surface area (TPSA) is 55.8 Å². The van der Waals surface area contributed by atoms with Crippen LogP contribution in [-0.4, -0.2) is 17.4 Å². The van der Waals surface area contributed by atoms with E-state index in [1.165, 1.54) is 0 Å². The number of aliphatic hydroxyl groups excluding tert-OH is 1. The molecule has 0 amide bonds. The number of ether oxygens (including phenoxy) is 2. The molecule has 19 heavy (non-hydrogen) atoms. The highest BCUT2D eigenvalue weighted by Crippen LogP contribution is 2.22. The molecule has 1 aliphatic heterocycles. The van der Waals surface area contributed by atoms with E-state index in [9.17, 15) is 4.79 Å². The molecule has 2 unspecified atom stereocenters. The first-order chi connectivity index (χ1) is 9.17. The minimum atomic E-state index is -0.442. The fourth-order valence-electron chi connectivity index (χ4n) is 2.10. The van der Waals surface area contributed by atoms with E-state index >= 15 is 0 Å². The monoisotopic (exact) mass is 264 g/mol. The van der Waals surface area contributed by atoms with Crippen molar-refractivity contribution in [2.24, 2.45) is 5.92 Å². The molecule has 0 radical (unpaired) electrons. The third-order valence-corrected chi connectivity index (χ3v) is 3.34. The van der Waals surface area contributed by atoms with Crippen molar-refractivity contribution in [3.8, 4) is 0 Å². The Kier molecular flexibility index (Phi) is 4.93. The molecule has 2 rings (SSSR count). The molecule has 0 spiro atoms. The van der Waals surface area contributed by atoms with E-state index in [0.717, 1.165) is 24.0 Å². The summed E-state index contributed by atoms with van der Waals surface area (Å²) >= 11 is 0. The maximum absolute atomic E-state index is 11.4. The smallest absolute Gasteiger partial charge is 0.308 e. The first-order valence-corrected chi connectivity index (χ1v) is 6.67. The Morgan fingerprint density at radius 2 is 2.00 bits per heavy atom. The lowest BCUT2D eigenvalue weighted by Gasteiger charge is -2.17. The predicted molar refractivity (Wildman–Crippen MR) is 70.0 cm³/mol. The molecular formula is C15H20O4. The van der Waals surface area contributed by atoms with Crippen LogP contribution in [0.15, 0.2) is 24.3 Å². The molecule has 1 heterocycles. The molecule has 1 N–H and O–H groups in total. The van der Waals surface area contributed by atoms with Gasteiger partial charge in [0.15, 0.2) is 0 Å². The molecule has 4 heteroatoms. The van der Waals surface area contributed by atoms with E-state index in [1.54, 1.807) is 0 Å². The van der Waals surface area contributed by atoms with Gasteiger partial charge >= 0.3 is 5.97 Å². The SMILES string of the molecule is CC1CCC(=O)OC(OCc2ccc(CO)cc2)C1. The highest BCUT2D eigenvalue weighted by Gasteiger charge is 2.23. The molecule has 2 atom stereocenters. The zero-order valence-electron chi connectivity index (χ0n) is 11.2. The minimum absolute atomic E-state index is 0.0406. The second-order valence-electron chi connectivity index (χ2n) is 5.08. The molecule has 0 bridgehead atoms. The molecular weight excluding hydrogens is 244 g/mol. The zero-order chi connectivity index (χ0) is 13.7. The highest BCUT2D eigenvalue weighted by molar-refractivity contribution is 5.69. The van der Waals surface area contributed by atoms with E-state index in [4.69, 9.17) is 14.6 Å². The number of cyclic esters (lactones) is 1. The molecule has 1 aromatic carbocycles. The summed E-state index contributed by atoms with van der Waals surface area (Å²) in [6, 6.07) is 7.54. The van der Waals surface area contributed by atoms with Crippen LogP contribution in [0, 0.1) is 5.92 Å². The molecule has 104 valence electrons. The fraction of sp³-hybridized carbons (Fsp3) is 0.533. The molecule has 0 aliphatic carbocycles. The van der Waals surface area contributed by atoms with Crippen LogP contribution >= 0.6 is 0 Å². The highest BCUT2D eigenvalue weighted by atomic mass is 16.7. The van der Waals surface area contributed by atoms with Crippen LogP contribution in [0.2, 0.25) is 0 Å². The molecule has 0 saturated carbocycles. The number of rotatable bonds is 4. The number of aliphatic hydroxyl groups is 1. The summed E-state index contributed by atoms with van der Waals surface area (Å²) in [6.07, 6.45) is 1.65. The van der Waals surface area contributed by atoms with E-state index in [-0.39, 0.29) is 12.6 Å². The normalized spacial score (nSPS) is 23.8. The van der Waals surface area contributed by atoms with Crippen LogP contribution in [0.1, 0.15) is 37.3 Å². The summed E-state index contributed by atoms with van der Waals surface area (Å²) in [5.41, 5.74) is 1.88. The Hall–Kier alpha value is -1.39. The predicted octanol–water partition coefficient (Wildman–Crippen LogP) is 2.38. The van der Waals surface area contributed by atoms with Gasteiger partial charge < -0.3 is 14.6 Å². The Balaban J connectivity index is 1.87. The van der Waals surface area contributed by atoms with Gasteiger partial charge in [0.25, 0.3) is 0 Å². The van der Waals surface area contributed by atoms with Gasteiger partial charge in [0, 0.05) is 12.8 Å². The average Bonchev–Trinajstić information content (AvgIpc) is 2.58. The van der Waals surface area contributed by atoms with Crippen molar-refractivity contribution >= 4 is 5.97 Å². The lowest BCUT2D eigenvalue weighted by molar-refractivity contribution is -0.180. The van der Waals surface area contributed by atoms with E-state index < -0.39 is 6.29 Å². The van der Waals surface area contributed by atoms with Crippen molar-refractivity contribution in [3.63, 3.8) is 0 Å². The van der Waals surface area contributed by atoms with Crippen LogP contribution in [0.5, 0.6) is 0 Å². The summed E-state index contributed by atoms with van der Waals surface area (Å²) in [6.45, 7) is 2.56. The number of carbonyl (C=O) groups is 1. The maximum Gasteiger partial charge on any atom is 0.308 e. The van der Waals surface area contributed by atoms with E-state index in [1.807, 2.05) is 24.3 Å². The first-order valence-electron chi connectivity index (χ1n) is 6.67. The molecule has 1 fully saturated rings. The summed E-state index contributed by atoms with van der Waals surface area (Å²) in [4.78, 5) is 11.4. The van der Waals surface area contributed by atoms with Gasteiger partial charge in [-0.25, -0.2) is 0 Å². The van der Waals surface area contributed by atoms with Crippen LogP contribution in [0.3, 0.4) is 0 Å². The van der Waals surface area contributed by atoms with Crippen molar-refractivity contribution in [1.29, 1.82) is 0 Å². The number of hydrogen-bond donors (Lipinski definition) is 1. The van der Waals surface area contributed by atoms with Crippen LogP contribution in [-0.2, 0) is 27.5 Å². The van der Waals surface area contributed by atoms with Crippen molar-refractivity contribution < 1.29 is 19.4 Å². The molecule has 0 aromatic heterocycles. The average molecular weight is 264 g/mol. The van der Waals surface area contributed by atoms with Crippen LogP contribution in [0.25, 0.3) is 0 Å². The zero-order valence-corrected chi connectivity index (χ0v) is 11.2. The van der Waals surface area contributed by atoms with Crippen molar-refractivity contribution in [3.05, 3.63) is 35.4 Å². The molecule has 1 aromatic rings. The number of hydrogen-bond acceptors (Lipinski definition) is 4. The number of esters is 1. The van der Waals surface area contributed by atoms with Crippen LogP contribution < -0.4 is 0 Å². The minimum Gasteiger partial charge on any atom is -0.436 e. The van der Waals surface area contributed by atoms with Gasteiger partial charge in [-0.05, 0) is 23.5 Å². The van der Waals surface area contributed by atoms with Crippen LogP contribution in [0.4, 0.5) is 0 Å². The van der Waals surface area contributed by atoms with Gasteiger partial charge in [0.1, 0.15) is 0 Å². The molecule has 1 saturated heterocycles. The van der Waals surface area contributed by atoms with E-state index in [2.05, 4.69) is 6.92 Å². The number of carbonyl (C=O) groups excluding carboxylic acids is 1. The van der Waals surface area contributed by atoms with Gasteiger partial charge in [-0.3, -0.25) is 4.79 Å². The second kappa shape index (κ2) is 6.68. The largest absolute Gasteiger partial charge is 0.436 e. The van der Waals surface area contributed by atoms with Crippen molar-refractivity contribution in [2.45, 2.75) is 45.7 Å². The third kappa shape index (κ3) is 4.33. The lowest BCUT2D eigenvalue weighted by Crippen LogP contribution is -2.20. The van der Waals surface area contributed by atoms with Gasteiger partial charge in [0.05, 0.1) is 13.2 Å². The quantitative estimate of drug-likeness (QED) is 0.848. The standard InChI is InChI=1S/C15H20O4/c1-11-2-7-14(17)19-15(8-11)18-10-13-5-3-12(9-16)4-6-13/h3-6,11,15-16H,2,7-10H2,1H3. The van der Waals surface area contributed by atoms with Gasteiger partial charge in [0.2, 0.25) is 6.29 Å². The Labute approximate surface area is 113 Å².